The van der Waals surface area contributed by atoms with Crippen molar-refractivity contribution in [3.05, 3.63) is 0 Å². The zero-order chi connectivity index (χ0) is 11.6. The molecule has 2 aliphatic rings. The molecule has 0 aromatic carbocycles. The van der Waals surface area contributed by atoms with Crippen LogP contribution in [0.5, 0.6) is 0 Å². The average Bonchev–Trinajstić information content (AvgIpc) is 2.89. The highest BCUT2D eigenvalue weighted by Gasteiger charge is 2.46. The van der Waals surface area contributed by atoms with Gasteiger partial charge in [0.1, 0.15) is 0 Å². The molecule has 0 heterocycles. The van der Waals surface area contributed by atoms with Gasteiger partial charge in [-0.3, -0.25) is 4.79 Å². The predicted octanol–water partition coefficient (Wildman–Crippen LogP) is 0.799. The summed E-state index contributed by atoms with van der Waals surface area (Å²) in [5, 5.41) is 3.15. The number of hydrogen-bond donors (Lipinski definition) is 2. The monoisotopic (exact) mass is 226 g/mol. The largest absolute Gasteiger partial charge is 0.378 e. The summed E-state index contributed by atoms with van der Waals surface area (Å²) >= 11 is 0. The molecule has 0 spiro atoms. The molecule has 4 nitrogen and oxygen atoms in total. The number of nitrogens with one attached hydrogen (secondary N) is 1. The van der Waals surface area contributed by atoms with Gasteiger partial charge in [0.15, 0.2) is 0 Å². The zero-order valence-corrected chi connectivity index (χ0v) is 10.00. The third-order valence-electron chi connectivity index (χ3n) is 3.79. The topological polar surface area (TPSA) is 64.3 Å². The molecule has 0 bridgehead atoms. The van der Waals surface area contributed by atoms with Crippen LogP contribution in [0, 0.1) is 5.92 Å². The van der Waals surface area contributed by atoms with Gasteiger partial charge >= 0.3 is 0 Å². The summed E-state index contributed by atoms with van der Waals surface area (Å²) in [5.41, 5.74) is 5.67. The van der Waals surface area contributed by atoms with Gasteiger partial charge < -0.3 is 15.8 Å². The minimum Gasteiger partial charge on any atom is -0.378 e. The number of carbonyl (C=O) groups is 1. The summed E-state index contributed by atoms with van der Waals surface area (Å²) in [6.07, 6.45) is 5.44. The van der Waals surface area contributed by atoms with Crippen molar-refractivity contribution in [3.8, 4) is 0 Å². The van der Waals surface area contributed by atoms with Crippen molar-refractivity contribution in [2.45, 2.75) is 50.7 Å². The molecule has 2 unspecified atom stereocenters. The molecular formula is C12H22N2O2. The minimum atomic E-state index is -0.115. The van der Waals surface area contributed by atoms with Crippen molar-refractivity contribution in [1.29, 1.82) is 0 Å². The molecule has 2 fully saturated rings. The summed E-state index contributed by atoms with van der Waals surface area (Å²) in [6, 6.07) is 0. The third kappa shape index (κ3) is 2.38. The smallest absolute Gasteiger partial charge is 0.226 e. The van der Waals surface area contributed by atoms with Gasteiger partial charge in [-0.1, -0.05) is 12.8 Å². The lowest BCUT2D eigenvalue weighted by Gasteiger charge is -2.28. The van der Waals surface area contributed by atoms with Gasteiger partial charge in [-0.15, -0.1) is 0 Å². The molecule has 2 saturated carbocycles. The van der Waals surface area contributed by atoms with Gasteiger partial charge in [-0.05, 0) is 26.2 Å². The second-order valence-corrected chi connectivity index (χ2v) is 5.02. The third-order valence-corrected chi connectivity index (χ3v) is 3.79. The van der Waals surface area contributed by atoms with Gasteiger partial charge in [0.2, 0.25) is 5.91 Å². The maximum atomic E-state index is 12.0. The maximum Gasteiger partial charge on any atom is 0.226 e. The molecule has 0 radical (unpaired) electrons. The van der Waals surface area contributed by atoms with Crippen LogP contribution in [0.1, 0.15) is 39.0 Å². The van der Waals surface area contributed by atoms with Crippen LogP contribution < -0.4 is 11.1 Å². The van der Waals surface area contributed by atoms with Gasteiger partial charge in [0.05, 0.1) is 17.6 Å². The van der Waals surface area contributed by atoms with E-state index >= 15 is 0 Å². The molecule has 0 aromatic heterocycles. The molecule has 0 aromatic rings. The number of carbonyl (C=O) groups excluding carboxylic acids is 1. The van der Waals surface area contributed by atoms with Crippen LogP contribution >= 0.6 is 0 Å². The fourth-order valence-corrected chi connectivity index (χ4v) is 2.63. The number of rotatable bonds is 5. The van der Waals surface area contributed by atoms with E-state index in [0.717, 1.165) is 19.3 Å². The van der Waals surface area contributed by atoms with Crippen LogP contribution in [0.3, 0.4) is 0 Å². The van der Waals surface area contributed by atoms with Gasteiger partial charge in [-0.25, -0.2) is 0 Å². The first kappa shape index (κ1) is 11.9. The highest BCUT2D eigenvalue weighted by atomic mass is 16.5. The molecular weight excluding hydrogens is 204 g/mol. The Kier molecular flexibility index (Phi) is 3.50. The van der Waals surface area contributed by atoms with Crippen LogP contribution in [0.25, 0.3) is 0 Å². The summed E-state index contributed by atoms with van der Waals surface area (Å²) in [7, 11) is 0. The van der Waals surface area contributed by atoms with E-state index in [2.05, 4.69) is 5.32 Å². The Hall–Kier alpha value is -0.610. The standard InChI is InChI=1S/C12H22N2O2/c1-2-16-10-7-9(10)11(15)14-12(8-13)5-3-4-6-12/h9-10H,2-8,13H2,1H3,(H,14,15). The van der Waals surface area contributed by atoms with Crippen molar-refractivity contribution in [2.75, 3.05) is 13.2 Å². The highest BCUT2D eigenvalue weighted by molar-refractivity contribution is 5.82. The fraction of sp³-hybridized carbons (Fsp3) is 0.917. The van der Waals surface area contributed by atoms with Crippen molar-refractivity contribution < 1.29 is 9.53 Å². The molecule has 2 atom stereocenters. The molecule has 0 saturated heterocycles. The Labute approximate surface area is 96.9 Å². The zero-order valence-electron chi connectivity index (χ0n) is 10.00. The first-order chi connectivity index (χ1) is 7.71. The predicted molar refractivity (Wildman–Crippen MR) is 61.9 cm³/mol. The fourth-order valence-electron chi connectivity index (χ4n) is 2.63. The van der Waals surface area contributed by atoms with E-state index in [4.69, 9.17) is 10.5 Å². The van der Waals surface area contributed by atoms with E-state index in [1.807, 2.05) is 6.92 Å². The summed E-state index contributed by atoms with van der Waals surface area (Å²) in [5.74, 6) is 0.217. The first-order valence-electron chi connectivity index (χ1n) is 6.34. The number of amides is 1. The lowest BCUT2D eigenvalue weighted by molar-refractivity contribution is -0.125. The molecule has 4 heteroatoms. The van der Waals surface area contributed by atoms with Gasteiger partial charge in [-0.2, -0.15) is 0 Å². The van der Waals surface area contributed by atoms with Crippen molar-refractivity contribution in [1.82, 2.24) is 5.32 Å². The van der Waals surface area contributed by atoms with E-state index in [-0.39, 0.29) is 23.5 Å². The Balaban J connectivity index is 1.83. The van der Waals surface area contributed by atoms with Gasteiger partial charge in [0, 0.05) is 13.2 Å². The van der Waals surface area contributed by atoms with Crippen molar-refractivity contribution in [2.24, 2.45) is 11.7 Å². The SMILES string of the molecule is CCOC1CC1C(=O)NC1(CN)CCCC1. The highest BCUT2D eigenvalue weighted by Crippen LogP contribution is 2.36. The Bertz CT molecular complexity index is 262. The quantitative estimate of drug-likeness (QED) is 0.728. The lowest BCUT2D eigenvalue weighted by atomic mass is 9.97. The Morgan fingerprint density at radius 1 is 1.50 bits per heavy atom. The number of hydrogen-bond acceptors (Lipinski definition) is 3. The van der Waals surface area contributed by atoms with Crippen LogP contribution in [-0.2, 0) is 9.53 Å². The van der Waals surface area contributed by atoms with E-state index in [9.17, 15) is 4.79 Å². The van der Waals surface area contributed by atoms with Crippen LogP contribution in [0.4, 0.5) is 0 Å². The molecule has 3 N–H and O–H groups in total. The summed E-state index contributed by atoms with van der Waals surface area (Å²) in [4.78, 5) is 12.0. The second kappa shape index (κ2) is 4.72. The number of ether oxygens (including phenoxy) is 1. The molecule has 92 valence electrons. The molecule has 0 aliphatic heterocycles. The van der Waals surface area contributed by atoms with Crippen LogP contribution in [0.15, 0.2) is 0 Å². The van der Waals surface area contributed by atoms with Crippen LogP contribution in [0.2, 0.25) is 0 Å². The van der Waals surface area contributed by atoms with E-state index in [1.165, 1.54) is 12.8 Å². The summed E-state index contributed by atoms with van der Waals surface area (Å²) in [6.45, 7) is 3.22. The van der Waals surface area contributed by atoms with Crippen LogP contribution in [-0.4, -0.2) is 30.7 Å². The molecule has 2 aliphatic carbocycles. The maximum absolute atomic E-state index is 12.0. The second-order valence-electron chi connectivity index (χ2n) is 5.02. The minimum absolute atomic E-state index is 0.0731. The van der Waals surface area contributed by atoms with E-state index in [1.54, 1.807) is 0 Å². The molecule has 16 heavy (non-hydrogen) atoms. The van der Waals surface area contributed by atoms with E-state index < -0.39 is 0 Å². The van der Waals surface area contributed by atoms with Gasteiger partial charge in [0.25, 0.3) is 0 Å². The van der Waals surface area contributed by atoms with Crippen molar-refractivity contribution >= 4 is 5.91 Å². The normalized spacial score (nSPS) is 31.4. The molecule has 2 rings (SSSR count). The summed E-state index contributed by atoms with van der Waals surface area (Å²) < 4.78 is 5.43. The van der Waals surface area contributed by atoms with E-state index in [0.29, 0.717) is 13.2 Å². The van der Waals surface area contributed by atoms with Crippen molar-refractivity contribution in [3.63, 3.8) is 0 Å². The Morgan fingerprint density at radius 3 is 2.75 bits per heavy atom. The molecule has 1 amide bonds. The first-order valence-corrected chi connectivity index (χ1v) is 6.34. The average molecular weight is 226 g/mol. The lowest BCUT2D eigenvalue weighted by Crippen LogP contribution is -2.52. The number of nitrogens with two attached hydrogens (primary N) is 1. The Morgan fingerprint density at radius 2 is 2.19 bits per heavy atom.